The van der Waals surface area contributed by atoms with Crippen LogP contribution in [0.1, 0.15) is 43.7 Å². The monoisotopic (exact) mass is 503 g/mol. The quantitative estimate of drug-likeness (QED) is 0.413. The van der Waals surface area contributed by atoms with Gasteiger partial charge < -0.3 is 20.4 Å². The van der Waals surface area contributed by atoms with Crippen molar-refractivity contribution in [1.82, 2.24) is 19.9 Å². The number of nitriles is 1. The van der Waals surface area contributed by atoms with Gasteiger partial charge in [-0.05, 0) is 54.6 Å². The molecule has 1 aliphatic carbocycles. The Labute approximate surface area is 213 Å². The van der Waals surface area contributed by atoms with E-state index < -0.39 is 0 Å². The lowest BCUT2D eigenvalue weighted by Gasteiger charge is -2.41. The van der Waals surface area contributed by atoms with Crippen LogP contribution in [0.25, 0.3) is 11.0 Å². The van der Waals surface area contributed by atoms with Crippen LogP contribution in [0.3, 0.4) is 0 Å². The maximum atomic E-state index is 9.60. The number of aromatic nitrogens is 3. The number of rotatable bonds is 7. The van der Waals surface area contributed by atoms with Crippen molar-refractivity contribution in [1.29, 1.82) is 5.26 Å². The molecule has 2 aromatic heterocycles. The van der Waals surface area contributed by atoms with Gasteiger partial charge in [-0.2, -0.15) is 15.2 Å². The molecule has 4 heterocycles. The van der Waals surface area contributed by atoms with Gasteiger partial charge in [0.05, 0.1) is 30.2 Å². The average Bonchev–Trinajstić information content (AvgIpc) is 3.53. The number of anilines is 3. The van der Waals surface area contributed by atoms with Crippen molar-refractivity contribution in [3.05, 3.63) is 35.5 Å². The fourth-order valence-electron chi connectivity index (χ4n) is 5.64. The van der Waals surface area contributed by atoms with Crippen molar-refractivity contribution in [2.24, 2.45) is 0 Å². The molecule has 0 bridgehead atoms. The Morgan fingerprint density at radius 1 is 1.19 bits per heavy atom. The van der Waals surface area contributed by atoms with E-state index >= 15 is 0 Å². The van der Waals surface area contributed by atoms with E-state index in [-0.39, 0.29) is 7.92 Å². The lowest BCUT2D eigenvalue weighted by Crippen LogP contribution is -2.52. The number of aromatic amines is 1. The number of ether oxygens (including phenoxy) is 1. The summed E-state index contributed by atoms with van der Waals surface area (Å²) in [5.41, 5.74) is 3.61. The second-order valence-corrected chi connectivity index (χ2v) is 12.6. The first-order valence-corrected chi connectivity index (χ1v) is 15.0. The number of fused-ring (bicyclic) bond motifs is 1. The van der Waals surface area contributed by atoms with E-state index in [9.17, 15) is 5.26 Å². The topological polar surface area (TPSA) is 102 Å². The number of H-pyrrole nitrogens is 1. The molecule has 0 amide bonds. The van der Waals surface area contributed by atoms with E-state index in [2.05, 4.69) is 51.7 Å². The summed E-state index contributed by atoms with van der Waals surface area (Å²) in [6, 6.07) is 10.2. The zero-order valence-corrected chi connectivity index (χ0v) is 21.8. The predicted octanol–water partition coefficient (Wildman–Crippen LogP) is 4.31. The maximum Gasteiger partial charge on any atom is 0.231 e. The molecule has 9 heteroatoms. The zero-order valence-electron chi connectivity index (χ0n) is 20.9. The number of benzene rings is 1. The van der Waals surface area contributed by atoms with Gasteiger partial charge in [-0.1, -0.05) is 33.8 Å². The van der Waals surface area contributed by atoms with Crippen molar-refractivity contribution in [2.75, 3.05) is 49.3 Å². The number of nitrogens with one attached hydrogen (secondary N) is 3. The summed E-state index contributed by atoms with van der Waals surface area (Å²) in [5, 5.41) is 19.0. The van der Waals surface area contributed by atoms with Crippen LogP contribution >= 0.6 is 7.92 Å². The summed E-state index contributed by atoms with van der Waals surface area (Å²) >= 11 is 0. The molecule has 2 aliphatic heterocycles. The van der Waals surface area contributed by atoms with Crippen LogP contribution in [-0.2, 0) is 11.2 Å². The fraction of sp³-hybridized carbons (Fsp3) is 0.519. The Kier molecular flexibility index (Phi) is 6.79. The van der Waals surface area contributed by atoms with Gasteiger partial charge in [0.25, 0.3) is 0 Å². The molecule has 36 heavy (non-hydrogen) atoms. The average molecular weight is 504 g/mol. The summed E-state index contributed by atoms with van der Waals surface area (Å²) in [6.07, 6.45) is 9.95. The minimum Gasteiger partial charge on any atom is -0.378 e. The third-order valence-electron chi connectivity index (χ3n) is 7.88. The number of nitrogens with zero attached hydrogens (tertiary/aromatic N) is 4. The molecule has 0 spiro atoms. The summed E-state index contributed by atoms with van der Waals surface area (Å²) < 4.78 is 5.39. The minimum absolute atomic E-state index is 0.116. The predicted molar refractivity (Wildman–Crippen MR) is 146 cm³/mol. The van der Waals surface area contributed by atoms with Crippen molar-refractivity contribution >= 4 is 41.7 Å². The standard InChI is InChI=1S/C27H34N7OP/c1-2-18-13-22(36-11-9-34(10-12-36)21-16-35-17-21)7-8-23(18)31-27-32-25-24(19(14-28)15-29-25)26(33-27)30-20-5-3-4-6-20/h7-8,13,15,20-21H,2-6,9-12,16-17H2,1H3,(H3,29,30,31,32,33). The van der Waals surface area contributed by atoms with Gasteiger partial charge in [-0.25, -0.2) is 0 Å². The fourth-order valence-corrected chi connectivity index (χ4v) is 8.00. The highest BCUT2D eigenvalue weighted by molar-refractivity contribution is 7.65. The smallest absolute Gasteiger partial charge is 0.231 e. The second kappa shape index (κ2) is 10.3. The molecule has 1 saturated carbocycles. The van der Waals surface area contributed by atoms with Crippen LogP contribution in [0.15, 0.2) is 24.4 Å². The molecule has 2 saturated heterocycles. The highest BCUT2D eigenvalue weighted by atomic mass is 31.1. The SMILES string of the molecule is CCc1cc(P2CCN(C3COC3)CC2)ccc1Nc1nc(NC2CCCC2)c2c(C#N)c[nH]c2n1. The van der Waals surface area contributed by atoms with Crippen LogP contribution in [-0.4, -0.2) is 70.6 Å². The molecule has 188 valence electrons. The Hall–Kier alpha value is -2.72. The van der Waals surface area contributed by atoms with E-state index in [1.165, 1.54) is 49.1 Å². The van der Waals surface area contributed by atoms with Crippen molar-refractivity contribution in [3.8, 4) is 6.07 Å². The zero-order chi connectivity index (χ0) is 24.5. The highest BCUT2D eigenvalue weighted by Gasteiger charge is 2.30. The van der Waals surface area contributed by atoms with E-state index in [0.29, 0.717) is 29.2 Å². The summed E-state index contributed by atoms with van der Waals surface area (Å²) in [7, 11) is -0.116. The van der Waals surface area contributed by atoms with Crippen molar-refractivity contribution in [3.63, 3.8) is 0 Å². The van der Waals surface area contributed by atoms with Crippen LogP contribution in [0.4, 0.5) is 17.5 Å². The van der Waals surface area contributed by atoms with Crippen molar-refractivity contribution in [2.45, 2.75) is 51.1 Å². The molecular weight excluding hydrogens is 469 g/mol. The van der Waals surface area contributed by atoms with Crippen LogP contribution in [0, 0.1) is 11.3 Å². The molecule has 3 aliphatic rings. The summed E-state index contributed by atoms with van der Waals surface area (Å²) in [6.45, 7) is 6.39. The third kappa shape index (κ3) is 4.68. The Morgan fingerprint density at radius 3 is 2.69 bits per heavy atom. The Balaban J connectivity index is 1.23. The lowest BCUT2D eigenvalue weighted by molar-refractivity contribution is -0.0617. The molecule has 3 aromatic rings. The second-order valence-electron chi connectivity index (χ2n) is 10.1. The molecule has 6 rings (SSSR count). The van der Waals surface area contributed by atoms with Gasteiger partial charge in [0.15, 0.2) is 0 Å². The molecule has 0 unspecified atom stereocenters. The van der Waals surface area contributed by atoms with Crippen LogP contribution < -0.4 is 15.9 Å². The van der Waals surface area contributed by atoms with Crippen LogP contribution in [0.2, 0.25) is 0 Å². The van der Waals surface area contributed by atoms with Gasteiger partial charge >= 0.3 is 0 Å². The molecule has 0 atom stereocenters. The molecule has 1 aromatic carbocycles. The number of aryl methyl sites for hydroxylation is 1. The van der Waals surface area contributed by atoms with E-state index in [0.717, 1.165) is 49.4 Å². The van der Waals surface area contributed by atoms with Gasteiger partial charge in [-0.15, -0.1) is 0 Å². The maximum absolute atomic E-state index is 9.60. The minimum atomic E-state index is -0.116. The first-order valence-electron chi connectivity index (χ1n) is 13.2. The molecule has 3 N–H and O–H groups in total. The van der Waals surface area contributed by atoms with Crippen LogP contribution in [0.5, 0.6) is 0 Å². The van der Waals surface area contributed by atoms with Gasteiger partial charge in [0.2, 0.25) is 5.95 Å². The summed E-state index contributed by atoms with van der Waals surface area (Å²) in [5.74, 6) is 1.30. The van der Waals surface area contributed by atoms with Gasteiger partial charge in [-0.3, -0.25) is 4.90 Å². The molecular formula is C27H34N7OP. The largest absolute Gasteiger partial charge is 0.378 e. The van der Waals surface area contributed by atoms with E-state index in [1.807, 2.05) is 0 Å². The van der Waals surface area contributed by atoms with Gasteiger partial charge in [0, 0.05) is 31.0 Å². The van der Waals surface area contributed by atoms with E-state index in [1.54, 1.807) is 6.20 Å². The third-order valence-corrected chi connectivity index (χ3v) is 10.4. The van der Waals surface area contributed by atoms with Crippen molar-refractivity contribution < 1.29 is 4.74 Å². The molecule has 3 fully saturated rings. The van der Waals surface area contributed by atoms with Gasteiger partial charge in [0.1, 0.15) is 17.5 Å². The first-order chi connectivity index (χ1) is 17.7. The number of hydrogen-bond acceptors (Lipinski definition) is 7. The highest BCUT2D eigenvalue weighted by Crippen LogP contribution is 2.39. The van der Waals surface area contributed by atoms with E-state index in [4.69, 9.17) is 14.7 Å². The molecule has 8 nitrogen and oxygen atoms in total. The Morgan fingerprint density at radius 2 is 2.00 bits per heavy atom. The number of hydrogen-bond donors (Lipinski definition) is 3. The normalized spacial score (nSPS) is 19.9. The first kappa shape index (κ1) is 23.7. The summed E-state index contributed by atoms with van der Waals surface area (Å²) in [4.78, 5) is 15.4. The lowest BCUT2D eigenvalue weighted by atomic mass is 10.1. The Bertz CT molecular complexity index is 1270. The molecule has 0 radical (unpaired) electrons.